The van der Waals surface area contributed by atoms with Gasteiger partial charge in [-0.3, -0.25) is 4.79 Å². The van der Waals surface area contributed by atoms with Crippen LogP contribution in [0.1, 0.15) is 19.3 Å². The first kappa shape index (κ1) is 14.4. The van der Waals surface area contributed by atoms with Gasteiger partial charge in [0.2, 0.25) is 10.0 Å². The molecule has 0 aromatic rings. The maximum Gasteiger partial charge on any atom is 0.304 e. The molecule has 0 radical (unpaired) electrons. The van der Waals surface area contributed by atoms with Gasteiger partial charge in [0, 0.05) is 19.6 Å². The van der Waals surface area contributed by atoms with Crippen LogP contribution >= 0.6 is 0 Å². The van der Waals surface area contributed by atoms with Gasteiger partial charge in [0.25, 0.3) is 0 Å². The molecule has 0 saturated carbocycles. The number of aliphatic carboxylic acids is 1. The van der Waals surface area contributed by atoms with Gasteiger partial charge in [-0.15, -0.1) is 0 Å². The number of carboxylic acids is 1. The molecule has 1 rings (SSSR count). The van der Waals surface area contributed by atoms with Crippen molar-refractivity contribution in [3.8, 4) is 0 Å². The lowest BCUT2D eigenvalue weighted by molar-refractivity contribution is -0.137. The third-order valence-electron chi connectivity index (χ3n) is 2.88. The first-order valence-corrected chi connectivity index (χ1v) is 7.65. The van der Waals surface area contributed by atoms with E-state index in [9.17, 15) is 13.2 Å². The number of piperidine rings is 1. The maximum absolute atomic E-state index is 11.0. The highest BCUT2D eigenvalue weighted by molar-refractivity contribution is 7.88. The molecule has 17 heavy (non-hydrogen) atoms. The topological polar surface area (TPSA) is 86.7 Å². The Bertz CT molecular complexity index is 355. The number of carbonyl (C=O) groups is 1. The molecule has 7 heteroatoms. The highest BCUT2D eigenvalue weighted by atomic mass is 32.2. The molecule has 0 amide bonds. The zero-order chi connectivity index (χ0) is 12.9. The Morgan fingerprint density at radius 2 is 2.24 bits per heavy atom. The first-order valence-electron chi connectivity index (χ1n) is 5.75. The molecular weight excluding hydrogens is 244 g/mol. The molecular formula is C10H20N2O4S. The Morgan fingerprint density at radius 3 is 2.82 bits per heavy atom. The van der Waals surface area contributed by atoms with Crippen LogP contribution in [0.3, 0.4) is 0 Å². The average Bonchev–Trinajstić information content (AvgIpc) is 2.23. The zero-order valence-corrected chi connectivity index (χ0v) is 10.9. The predicted molar refractivity (Wildman–Crippen MR) is 64.3 cm³/mol. The maximum atomic E-state index is 11.0. The van der Waals surface area contributed by atoms with Crippen LogP contribution in [0.5, 0.6) is 0 Å². The molecule has 0 unspecified atom stereocenters. The molecule has 1 heterocycles. The van der Waals surface area contributed by atoms with E-state index in [0.29, 0.717) is 13.1 Å². The summed E-state index contributed by atoms with van der Waals surface area (Å²) in [5, 5.41) is 8.60. The summed E-state index contributed by atoms with van der Waals surface area (Å²) in [7, 11) is -3.13. The van der Waals surface area contributed by atoms with Crippen LogP contribution in [0.4, 0.5) is 0 Å². The van der Waals surface area contributed by atoms with Gasteiger partial charge in [-0.25, -0.2) is 13.1 Å². The van der Waals surface area contributed by atoms with Crippen LogP contribution in [0.2, 0.25) is 0 Å². The SMILES string of the molecule is CS(=O)(=O)NC[C@@H]1CCCN(CCC(=O)O)C1. The number of nitrogens with zero attached hydrogens (tertiary/aromatic N) is 1. The van der Waals surface area contributed by atoms with E-state index in [2.05, 4.69) is 9.62 Å². The molecule has 100 valence electrons. The van der Waals surface area contributed by atoms with Gasteiger partial charge < -0.3 is 10.0 Å². The molecule has 6 nitrogen and oxygen atoms in total. The van der Waals surface area contributed by atoms with Crippen LogP contribution in [-0.4, -0.2) is 56.8 Å². The van der Waals surface area contributed by atoms with Crippen LogP contribution < -0.4 is 4.72 Å². The van der Waals surface area contributed by atoms with Crippen LogP contribution in [0.25, 0.3) is 0 Å². The van der Waals surface area contributed by atoms with Crippen LogP contribution in [-0.2, 0) is 14.8 Å². The fraction of sp³-hybridized carbons (Fsp3) is 0.900. The summed E-state index contributed by atoms with van der Waals surface area (Å²) in [4.78, 5) is 12.6. The van der Waals surface area contributed by atoms with Crippen molar-refractivity contribution in [2.75, 3.05) is 32.4 Å². The molecule has 0 bridgehead atoms. The number of sulfonamides is 1. The number of likely N-dealkylation sites (tertiary alicyclic amines) is 1. The molecule has 1 atom stereocenters. The molecule has 0 spiro atoms. The summed E-state index contributed by atoms with van der Waals surface area (Å²) >= 11 is 0. The summed E-state index contributed by atoms with van der Waals surface area (Å²) < 4.78 is 24.4. The fourth-order valence-electron chi connectivity index (χ4n) is 2.04. The molecule has 1 aliphatic heterocycles. The summed E-state index contributed by atoms with van der Waals surface area (Å²) in [6.07, 6.45) is 3.28. The average molecular weight is 264 g/mol. The van der Waals surface area contributed by atoms with Crippen molar-refractivity contribution >= 4 is 16.0 Å². The van der Waals surface area contributed by atoms with E-state index in [1.165, 1.54) is 0 Å². The van der Waals surface area contributed by atoms with Crippen molar-refractivity contribution in [1.29, 1.82) is 0 Å². The number of hydrogen-bond donors (Lipinski definition) is 2. The number of hydrogen-bond acceptors (Lipinski definition) is 4. The molecule has 0 aromatic heterocycles. The van der Waals surface area contributed by atoms with E-state index >= 15 is 0 Å². The third-order valence-corrected chi connectivity index (χ3v) is 3.57. The Labute approximate surface area is 102 Å². The summed E-state index contributed by atoms with van der Waals surface area (Å²) in [5.41, 5.74) is 0. The second kappa shape index (κ2) is 6.32. The van der Waals surface area contributed by atoms with Gasteiger partial charge in [0.1, 0.15) is 0 Å². The molecule has 0 aliphatic carbocycles. The summed E-state index contributed by atoms with van der Waals surface area (Å²) in [5.74, 6) is -0.506. The third kappa shape index (κ3) is 6.60. The van der Waals surface area contributed by atoms with E-state index in [0.717, 1.165) is 32.2 Å². The van der Waals surface area contributed by atoms with E-state index in [1.807, 2.05) is 0 Å². The minimum Gasteiger partial charge on any atom is -0.481 e. The predicted octanol–water partition coefficient (Wildman–Crippen LogP) is -0.278. The highest BCUT2D eigenvalue weighted by Gasteiger charge is 2.20. The van der Waals surface area contributed by atoms with E-state index in [1.54, 1.807) is 0 Å². The standard InChI is InChI=1S/C10H20N2O4S/c1-17(15,16)11-7-9-3-2-5-12(8-9)6-4-10(13)14/h9,11H,2-8H2,1H3,(H,13,14)/t9-/m0/s1. The smallest absolute Gasteiger partial charge is 0.304 e. The van der Waals surface area contributed by atoms with Crippen molar-refractivity contribution in [2.24, 2.45) is 5.92 Å². The van der Waals surface area contributed by atoms with E-state index in [4.69, 9.17) is 5.11 Å². The Morgan fingerprint density at radius 1 is 1.53 bits per heavy atom. The van der Waals surface area contributed by atoms with E-state index < -0.39 is 16.0 Å². The first-order chi connectivity index (χ1) is 7.87. The molecule has 1 fully saturated rings. The van der Waals surface area contributed by atoms with Gasteiger partial charge in [-0.2, -0.15) is 0 Å². The monoisotopic (exact) mass is 264 g/mol. The largest absolute Gasteiger partial charge is 0.481 e. The van der Waals surface area contributed by atoms with E-state index in [-0.39, 0.29) is 12.3 Å². The fourth-order valence-corrected chi connectivity index (χ4v) is 2.58. The van der Waals surface area contributed by atoms with Gasteiger partial charge in [-0.05, 0) is 25.3 Å². The van der Waals surface area contributed by atoms with Crippen molar-refractivity contribution < 1.29 is 18.3 Å². The lowest BCUT2D eigenvalue weighted by Crippen LogP contribution is -2.41. The Kier molecular flexibility index (Phi) is 5.35. The van der Waals surface area contributed by atoms with Crippen molar-refractivity contribution in [3.05, 3.63) is 0 Å². The normalized spacial score (nSPS) is 22.5. The van der Waals surface area contributed by atoms with Gasteiger partial charge in [0.15, 0.2) is 0 Å². The zero-order valence-electron chi connectivity index (χ0n) is 10.1. The van der Waals surface area contributed by atoms with Crippen molar-refractivity contribution in [2.45, 2.75) is 19.3 Å². The highest BCUT2D eigenvalue weighted by Crippen LogP contribution is 2.15. The molecule has 1 saturated heterocycles. The second-order valence-electron chi connectivity index (χ2n) is 4.57. The molecule has 2 N–H and O–H groups in total. The van der Waals surface area contributed by atoms with Crippen molar-refractivity contribution in [3.63, 3.8) is 0 Å². The van der Waals surface area contributed by atoms with Gasteiger partial charge in [-0.1, -0.05) is 0 Å². The number of carboxylic acid groups (broad SMARTS) is 1. The lowest BCUT2D eigenvalue weighted by atomic mass is 9.98. The number of nitrogens with one attached hydrogen (secondary N) is 1. The molecule has 1 aliphatic rings. The Balaban J connectivity index is 2.31. The number of rotatable bonds is 6. The minimum absolute atomic E-state index is 0.145. The summed E-state index contributed by atoms with van der Waals surface area (Å²) in [6.45, 7) is 2.67. The van der Waals surface area contributed by atoms with Crippen molar-refractivity contribution in [1.82, 2.24) is 9.62 Å². The minimum atomic E-state index is -3.13. The van der Waals surface area contributed by atoms with Gasteiger partial charge >= 0.3 is 5.97 Å². The quantitative estimate of drug-likeness (QED) is 0.689. The lowest BCUT2D eigenvalue weighted by Gasteiger charge is -2.32. The van der Waals surface area contributed by atoms with Crippen LogP contribution in [0, 0.1) is 5.92 Å². The van der Waals surface area contributed by atoms with Gasteiger partial charge in [0.05, 0.1) is 12.7 Å². The Hall–Kier alpha value is -0.660. The molecule has 0 aromatic carbocycles. The summed E-state index contributed by atoms with van der Waals surface area (Å²) in [6, 6.07) is 0. The second-order valence-corrected chi connectivity index (χ2v) is 6.41. The van der Waals surface area contributed by atoms with Crippen LogP contribution in [0.15, 0.2) is 0 Å².